The van der Waals surface area contributed by atoms with E-state index in [1.807, 2.05) is 6.92 Å². The molecule has 2 aromatic rings. The fourth-order valence-electron chi connectivity index (χ4n) is 1.47. The molecule has 0 aromatic carbocycles. The zero-order valence-electron chi connectivity index (χ0n) is 9.86. The summed E-state index contributed by atoms with van der Waals surface area (Å²) >= 11 is 0. The summed E-state index contributed by atoms with van der Waals surface area (Å²) in [5, 5.41) is 3.87. The van der Waals surface area contributed by atoms with Crippen molar-refractivity contribution in [1.29, 1.82) is 0 Å². The van der Waals surface area contributed by atoms with E-state index in [1.165, 1.54) is 10.9 Å². The van der Waals surface area contributed by atoms with Gasteiger partial charge in [0.1, 0.15) is 0 Å². The van der Waals surface area contributed by atoms with Gasteiger partial charge in [0.2, 0.25) is 5.78 Å². The maximum Gasteiger partial charge on any atom is 0.217 e. The smallest absolute Gasteiger partial charge is 0.217 e. The van der Waals surface area contributed by atoms with Gasteiger partial charge in [-0.1, -0.05) is 0 Å². The van der Waals surface area contributed by atoms with Gasteiger partial charge in [-0.3, -0.25) is 14.5 Å². The number of carbonyl (C=O) groups is 1. The second-order valence-electron chi connectivity index (χ2n) is 3.89. The Morgan fingerprint density at radius 3 is 2.53 bits per heavy atom. The first-order chi connectivity index (χ1) is 8.00. The van der Waals surface area contributed by atoms with Gasteiger partial charge in [0, 0.05) is 24.5 Å². The molecule has 2 rings (SSSR count). The van der Waals surface area contributed by atoms with E-state index in [9.17, 15) is 9.18 Å². The van der Waals surface area contributed by atoms with Crippen LogP contribution in [0.15, 0.2) is 18.3 Å². The van der Waals surface area contributed by atoms with Crippen LogP contribution in [0.3, 0.4) is 0 Å². The first kappa shape index (κ1) is 11.4. The second-order valence-corrected chi connectivity index (χ2v) is 3.89. The molecule has 0 N–H and O–H groups in total. The number of ketones is 1. The largest absolute Gasteiger partial charge is 0.287 e. The van der Waals surface area contributed by atoms with E-state index >= 15 is 0 Å². The van der Waals surface area contributed by atoms with Gasteiger partial charge in [-0.2, -0.15) is 5.10 Å². The molecular weight excluding hydrogens is 221 g/mol. The van der Waals surface area contributed by atoms with Gasteiger partial charge in [0.15, 0.2) is 11.5 Å². The molecule has 0 unspecified atom stereocenters. The molecule has 0 radical (unpaired) electrons. The standard InChI is InChI=1S/C12H12FN3O/c1-7-4-5-9(6-14-7)12(17)11-10(13)8(2)16(3)15-11/h4-6H,1-3H3. The molecule has 17 heavy (non-hydrogen) atoms. The van der Waals surface area contributed by atoms with E-state index < -0.39 is 11.6 Å². The van der Waals surface area contributed by atoms with Crippen molar-refractivity contribution in [1.82, 2.24) is 14.8 Å². The fourth-order valence-corrected chi connectivity index (χ4v) is 1.47. The van der Waals surface area contributed by atoms with E-state index in [0.717, 1.165) is 5.69 Å². The van der Waals surface area contributed by atoms with Crippen LogP contribution in [0, 0.1) is 19.7 Å². The summed E-state index contributed by atoms with van der Waals surface area (Å²) in [6.07, 6.45) is 1.43. The molecule has 0 saturated heterocycles. The van der Waals surface area contributed by atoms with Gasteiger partial charge in [0.05, 0.1) is 5.69 Å². The van der Waals surface area contributed by atoms with Crippen molar-refractivity contribution in [3.05, 3.63) is 46.8 Å². The highest BCUT2D eigenvalue weighted by Gasteiger charge is 2.21. The summed E-state index contributed by atoms with van der Waals surface area (Å²) in [7, 11) is 1.60. The average molecular weight is 233 g/mol. The van der Waals surface area contributed by atoms with Crippen molar-refractivity contribution in [2.45, 2.75) is 13.8 Å². The molecule has 5 heteroatoms. The minimum Gasteiger partial charge on any atom is -0.287 e. The van der Waals surface area contributed by atoms with Crippen molar-refractivity contribution in [3.8, 4) is 0 Å². The van der Waals surface area contributed by atoms with Gasteiger partial charge >= 0.3 is 0 Å². The average Bonchev–Trinajstić information content (AvgIpc) is 2.57. The highest BCUT2D eigenvalue weighted by atomic mass is 19.1. The number of carbonyl (C=O) groups excluding carboxylic acids is 1. The maximum atomic E-state index is 13.7. The number of hydrogen-bond donors (Lipinski definition) is 0. The number of rotatable bonds is 2. The first-order valence-electron chi connectivity index (χ1n) is 5.17. The second kappa shape index (κ2) is 4.08. The molecule has 88 valence electrons. The molecule has 0 atom stereocenters. The Morgan fingerprint density at radius 1 is 1.35 bits per heavy atom. The fraction of sp³-hybridized carbons (Fsp3) is 0.250. The molecule has 0 aliphatic carbocycles. The van der Waals surface area contributed by atoms with Gasteiger partial charge in [-0.25, -0.2) is 4.39 Å². The Balaban J connectivity index is 2.44. The Kier molecular flexibility index (Phi) is 2.75. The number of aromatic nitrogens is 3. The normalized spacial score (nSPS) is 10.6. The van der Waals surface area contributed by atoms with Crippen LogP contribution in [-0.4, -0.2) is 20.5 Å². The van der Waals surface area contributed by atoms with Gasteiger partial charge < -0.3 is 0 Å². The van der Waals surface area contributed by atoms with Crippen LogP contribution in [0.2, 0.25) is 0 Å². The SMILES string of the molecule is Cc1ccc(C(=O)c2nn(C)c(C)c2F)cn1. The zero-order valence-corrected chi connectivity index (χ0v) is 9.86. The van der Waals surface area contributed by atoms with Gasteiger partial charge in [0.25, 0.3) is 0 Å². The lowest BCUT2D eigenvalue weighted by molar-refractivity contribution is 0.102. The summed E-state index contributed by atoms with van der Waals surface area (Å²) in [6.45, 7) is 3.40. The Morgan fingerprint density at radius 2 is 2.06 bits per heavy atom. The molecule has 2 aromatic heterocycles. The van der Waals surface area contributed by atoms with Gasteiger partial charge in [-0.05, 0) is 26.0 Å². The summed E-state index contributed by atoms with van der Waals surface area (Å²) in [4.78, 5) is 16.0. The number of aryl methyl sites for hydroxylation is 2. The van der Waals surface area contributed by atoms with Crippen LogP contribution in [0.5, 0.6) is 0 Å². The molecule has 0 spiro atoms. The summed E-state index contributed by atoms with van der Waals surface area (Å²) in [6, 6.07) is 3.33. The van der Waals surface area contributed by atoms with Crippen LogP contribution in [0.25, 0.3) is 0 Å². The van der Waals surface area contributed by atoms with Crippen LogP contribution in [0.1, 0.15) is 27.4 Å². The molecule has 0 amide bonds. The van der Waals surface area contributed by atoms with Gasteiger partial charge in [-0.15, -0.1) is 0 Å². The number of hydrogen-bond acceptors (Lipinski definition) is 3. The summed E-state index contributed by atoms with van der Waals surface area (Å²) in [5.41, 5.74) is 1.33. The van der Waals surface area contributed by atoms with Crippen LogP contribution in [0.4, 0.5) is 4.39 Å². The molecule has 0 bridgehead atoms. The first-order valence-corrected chi connectivity index (χ1v) is 5.17. The lowest BCUT2D eigenvalue weighted by Gasteiger charge is -1.97. The van der Waals surface area contributed by atoms with E-state index in [4.69, 9.17) is 0 Å². The van der Waals surface area contributed by atoms with Crippen molar-refractivity contribution < 1.29 is 9.18 Å². The zero-order chi connectivity index (χ0) is 12.6. The third-order valence-corrected chi connectivity index (χ3v) is 2.65. The summed E-state index contributed by atoms with van der Waals surface area (Å²) < 4.78 is 15.1. The number of pyridine rings is 1. The molecule has 2 heterocycles. The van der Waals surface area contributed by atoms with Crippen molar-refractivity contribution in [2.24, 2.45) is 7.05 Å². The van der Waals surface area contributed by atoms with Crippen LogP contribution < -0.4 is 0 Å². The third kappa shape index (κ3) is 1.95. The quantitative estimate of drug-likeness (QED) is 0.743. The molecular formula is C12H12FN3O. The summed E-state index contributed by atoms with van der Waals surface area (Å²) in [5.74, 6) is -1.02. The maximum absolute atomic E-state index is 13.7. The van der Waals surface area contributed by atoms with E-state index in [2.05, 4.69) is 10.1 Å². The van der Waals surface area contributed by atoms with E-state index in [1.54, 1.807) is 26.1 Å². The number of halogens is 1. The molecule has 0 fully saturated rings. The molecule has 4 nitrogen and oxygen atoms in total. The van der Waals surface area contributed by atoms with E-state index in [0.29, 0.717) is 11.3 Å². The van der Waals surface area contributed by atoms with Crippen LogP contribution >= 0.6 is 0 Å². The highest BCUT2D eigenvalue weighted by Crippen LogP contribution is 2.14. The lowest BCUT2D eigenvalue weighted by atomic mass is 10.1. The number of nitrogens with zero attached hydrogens (tertiary/aromatic N) is 3. The predicted octanol–water partition coefficient (Wildman–Crippen LogP) is 1.80. The Hall–Kier alpha value is -2.04. The minimum atomic E-state index is -0.571. The molecule has 0 saturated carbocycles. The highest BCUT2D eigenvalue weighted by molar-refractivity contribution is 6.07. The topological polar surface area (TPSA) is 47.8 Å². The Bertz CT molecular complexity index is 572. The Labute approximate surface area is 98.1 Å². The van der Waals surface area contributed by atoms with Crippen LogP contribution in [-0.2, 0) is 7.05 Å². The van der Waals surface area contributed by atoms with Crippen molar-refractivity contribution >= 4 is 5.78 Å². The lowest BCUT2D eigenvalue weighted by Crippen LogP contribution is -2.05. The predicted molar refractivity (Wildman–Crippen MR) is 60.3 cm³/mol. The third-order valence-electron chi connectivity index (χ3n) is 2.65. The monoisotopic (exact) mass is 233 g/mol. The molecule has 0 aliphatic rings. The minimum absolute atomic E-state index is 0.157. The van der Waals surface area contributed by atoms with Crippen molar-refractivity contribution in [2.75, 3.05) is 0 Å². The molecule has 0 aliphatic heterocycles. The van der Waals surface area contributed by atoms with E-state index in [-0.39, 0.29) is 5.69 Å². The van der Waals surface area contributed by atoms with Crippen molar-refractivity contribution in [3.63, 3.8) is 0 Å².